The third kappa shape index (κ3) is 3.35. The van der Waals surface area contributed by atoms with Gasteiger partial charge in [-0.25, -0.2) is 4.79 Å². The number of ether oxygens (including phenoxy) is 1. The van der Waals surface area contributed by atoms with Crippen molar-refractivity contribution in [3.8, 4) is 0 Å². The van der Waals surface area contributed by atoms with Gasteiger partial charge in [-0.2, -0.15) is 0 Å². The normalized spacial score (nSPS) is 30.2. The lowest BCUT2D eigenvalue weighted by Gasteiger charge is -2.45. The quantitative estimate of drug-likeness (QED) is 0.631. The smallest absolute Gasteiger partial charge is 0.333 e. The van der Waals surface area contributed by atoms with Crippen LogP contribution in [-0.4, -0.2) is 28.9 Å². The van der Waals surface area contributed by atoms with Crippen molar-refractivity contribution >= 4 is 17.7 Å². The second-order valence-electron chi connectivity index (χ2n) is 6.80. The van der Waals surface area contributed by atoms with Crippen LogP contribution in [0.4, 0.5) is 0 Å². The third-order valence-corrected chi connectivity index (χ3v) is 5.34. The van der Waals surface area contributed by atoms with E-state index in [0.717, 1.165) is 5.57 Å². The van der Waals surface area contributed by atoms with Gasteiger partial charge >= 0.3 is 11.9 Å². The molecule has 0 bridgehead atoms. The summed E-state index contributed by atoms with van der Waals surface area (Å²) >= 11 is 0. The van der Waals surface area contributed by atoms with Crippen LogP contribution in [0.5, 0.6) is 0 Å². The lowest BCUT2D eigenvalue weighted by atomic mass is 9.61. The predicted octanol–water partition coefficient (Wildman–Crippen LogP) is 3.21. The average molecular weight is 332 g/mol. The SMILES string of the molecule is C/C=C(/C)C(=O)O[C@H]1CCC2=CC(=O)C(CC(=O)O)=C[C@]2(C)[C@H]1C. The Hall–Kier alpha value is -2.17. The van der Waals surface area contributed by atoms with Crippen LogP contribution in [-0.2, 0) is 19.1 Å². The zero-order valence-electron chi connectivity index (χ0n) is 14.6. The highest BCUT2D eigenvalue weighted by Crippen LogP contribution is 2.49. The molecule has 2 aliphatic carbocycles. The van der Waals surface area contributed by atoms with Crippen molar-refractivity contribution in [2.45, 2.75) is 53.1 Å². The van der Waals surface area contributed by atoms with Crippen molar-refractivity contribution in [3.63, 3.8) is 0 Å². The first-order valence-electron chi connectivity index (χ1n) is 8.21. The molecule has 0 spiro atoms. The number of carboxylic acid groups (broad SMARTS) is 1. The molecule has 0 aromatic rings. The van der Waals surface area contributed by atoms with E-state index in [1.165, 1.54) is 0 Å². The Morgan fingerprint density at radius 2 is 2.12 bits per heavy atom. The molecule has 2 aliphatic rings. The first kappa shape index (κ1) is 18.2. The minimum atomic E-state index is -1.02. The molecule has 1 N–H and O–H groups in total. The van der Waals surface area contributed by atoms with Crippen LogP contribution < -0.4 is 0 Å². The Kier molecular flexibility index (Phi) is 5.11. The molecule has 0 unspecified atom stereocenters. The topological polar surface area (TPSA) is 80.7 Å². The molecule has 1 saturated carbocycles. The maximum atomic E-state index is 12.1. The fraction of sp³-hybridized carbons (Fsp3) is 0.526. The van der Waals surface area contributed by atoms with Gasteiger partial charge in [0.05, 0.1) is 6.42 Å². The number of aliphatic carboxylic acids is 1. The molecule has 0 radical (unpaired) electrons. The van der Waals surface area contributed by atoms with Gasteiger partial charge < -0.3 is 9.84 Å². The highest BCUT2D eigenvalue weighted by Gasteiger charge is 2.45. The Bertz CT molecular complexity index is 667. The molecule has 0 amide bonds. The summed E-state index contributed by atoms with van der Waals surface area (Å²) in [4.78, 5) is 35.2. The van der Waals surface area contributed by atoms with E-state index in [1.807, 2.05) is 13.8 Å². The number of hydrogen-bond acceptors (Lipinski definition) is 4. The molecule has 3 atom stereocenters. The minimum absolute atomic E-state index is 0.0389. The Balaban J connectivity index is 2.27. The predicted molar refractivity (Wildman–Crippen MR) is 89.2 cm³/mol. The Morgan fingerprint density at radius 3 is 2.71 bits per heavy atom. The number of ketones is 1. The van der Waals surface area contributed by atoms with Crippen LogP contribution in [0.3, 0.4) is 0 Å². The molecule has 0 aromatic carbocycles. The number of carbonyl (C=O) groups is 3. The van der Waals surface area contributed by atoms with Crippen LogP contribution in [0.15, 0.2) is 34.9 Å². The van der Waals surface area contributed by atoms with E-state index in [1.54, 1.807) is 32.1 Å². The number of carboxylic acids is 1. The van der Waals surface area contributed by atoms with E-state index in [0.29, 0.717) is 24.0 Å². The summed E-state index contributed by atoms with van der Waals surface area (Å²) in [5, 5.41) is 9.00. The first-order chi connectivity index (χ1) is 11.2. The van der Waals surface area contributed by atoms with Gasteiger partial charge in [0.1, 0.15) is 6.10 Å². The maximum absolute atomic E-state index is 12.1. The summed E-state index contributed by atoms with van der Waals surface area (Å²) < 4.78 is 5.65. The largest absolute Gasteiger partial charge is 0.481 e. The van der Waals surface area contributed by atoms with Crippen molar-refractivity contribution in [3.05, 3.63) is 34.9 Å². The van der Waals surface area contributed by atoms with E-state index >= 15 is 0 Å². The monoisotopic (exact) mass is 332 g/mol. The van der Waals surface area contributed by atoms with Crippen molar-refractivity contribution in [2.24, 2.45) is 11.3 Å². The minimum Gasteiger partial charge on any atom is -0.481 e. The van der Waals surface area contributed by atoms with E-state index in [9.17, 15) is 14.4 Å². The van der Waals surface area contributed by atoms with Gasteiger partial charge in [0.25, 0.3) is 0 Å². The molecule has 0 aromatic heterocycles. The van der Waals surface area contributed by atoms with Gasteiger partial charge in [0, 0.05) is 22.5 Å². The van der Waals surface area contributed by atoms with Crippen LogP contribution in [0.1, 0.15) is 47.0 Å². The van der Waals surface area contributed by atoms with Gasteiger partial charge in [-0.15, -0.1) is 0 Å². The van der Waals surface area contributed by atoms with Crippen molar-refractivity contribution in [1.82, 2.24) is 0 Å². The van der Waals surface area contributed by atoms with Crippen LogP contribution in [0.2, 0.25) is 0 Å². The number of esters is 1. The van der Waals surface area contributed by atoms with Crippen LogP contribution in [0, 0.1) is 11.3 Å². The zero-order chi connectivity index (χ0) is 18.1. The molecule has 5 heteroatoms. The summed E-state index contributed by atoms with van der Waals surface area (Å²) in [6, 6.07) is 0. The molecule has 0 heterocycles. The van der Waals surface area contributed by atoms with Crippen LogP contribution in [0.25, 0.3) is 0 Å². The number of fused-ring (bicyclic) bond motifs is 1. The summed E-state index contributed by atoms with van der Waals surface area (Å²) in [6.45, 7) is 7.48. The highest BCUT2D eigenvalue weighted by atomic mass is 16.5. The molecule has 1 fully saturated rings. The van der Waals surface area contributed by atoms with E-state index in [-0.39, 0.29) is 30.2 Å². The maximum Gasteiger partial charge on any atom is 0.333 e. The number of hydrogen-bond donors (Lipinski definition) is 1. The van der Waals surface area contributed by atoms with Gasteiger partial charge in [0.15, 0.2) is 5.78 Å². The Labute approximate surface area is 142 Å². The van der Waals surface area contributed by atoms with E-state index in [2.05, 4.69) is 0 Å². The van der Waals surface area contributed by atoms with Crippen molar-refractivity contribution < 1.29 is 24.2 Å². The molecule has 0 aliphatic heterocycles. The van der Waals surface area contributed by atoms with Gasteiger partial charge in [-0.3, -0.25) is 9.59 Å². The van der Waals surface area contributed by atoms with Gasteiger partial charge in [-0.1, -0.05) is 31.6 Å². The number of allylic oxidation sites excluding steroid dienone is 4. The molecular weight excluding hydrogens is 308 g/mol. The lowest BCUT2D eigenvalue weighted by Crippen LogP contribution is -2.43. The second-order valence-corrected chi connectivity index (χ2v) is 6.80. The summed E-state index contributed by atoms with van der Waals surface area (Å²) in [5.74, 6) is -1.61. The molecule has 24 heavy (non-hydrogen) atoms. The summed E-state index contributed by atoms with van der Waals surface area (Å²) in [6.07, 6.45) is 5.85. The highest BCUT2D eigenvalue weighted by molar-refractivity contribution is 6.08. The standard InChI is InChI=1S/C19H24O5/c1-5-11(2)18(23)24-16-7-6-14-9-15(20)13(8-17(21)22)10-19(14,4)12(16)3/h5,9-10,12,16H,6-8H2,1-4H3,(H,21,22)/b11-5-/t12-,16-,19+/m0/s1. The number of carbonyl (C=O) groups excluding carboxylic acids is 2. The molecule has 0 saturated heterocycles. The fourth-order valence-corrected chi connectivity index (χ4v) is 3.44. The molecular formula is C19H24O5. The van der Waals surface area contributed by atoms with Crippen molar-refractivity contribution in [2.75, 3.05) is 0 Å². The summed E-state index contributed by atoms with van der Waals surface area (Å²) in [5.41, 5.74) is 1.39. The zero-order valence-corrected chi connectivity index (χ0v) is 14.6. The van der Waals surface area contributed by atoms with E-state index in [4.69, 9.17) is 9.84 Å². The Morgan fingerprint density at radius 1 is 1.46 bits per heavy atom. The van der Waals surface area contributed by atoms with Gasteiger partial charge in [0.2, 0.25) is 0 Å². The average Bonchev–Trinajstić information content (AvgIpc) is 2.51. The molecule has 2 rings (SSSR count). The molecule has 5 nitrogen and oxygen atoms in total. The number of rotatable bonds is 4. The fourth-order valence-electron chi connectivity index (χ4n) is 3.44. The molecule has 130 valence electrons. The van der Waals surface area contributed by atoms with Gasteiger partial charge in [-0.05, 0) is 32.8 Å². The summed E-state index contributed by atoms with van der Waals surface area (Å²) in [7, 11) is 0. The first-order valence-corrected chi connectivity index (χ1v) is 8.21. The van der Waals surface area contributed by atoms with E-state index < -0.39 is 11.4 Å². The second kappa shape index (κ2) is 6.75. The third-order valence-electron chi connectivity index (χ3n) is 5.34. The van der Waals surface area contributed by atoms with Crippen LogP contribution >= 0.6 is 0 Å². The van der Waals surface area contributed by atoms with Crippen molar-refractivity contribution in [1.29, 1.82) is 0 Å². The lowest BCUT2D eigenvalue weighted by molar-refractivity contribution is -0.150.